The van der Waals surface area contributed by atoms with Crippen LogP contribution in [0.5, 0.6) is 0 Å². The van der Waals surface area contributed by atoms with Crippen LogP contribution in [0.3, 0.4) is 0 Å². The van der Waals surface area contributed by atoms with E-state index in [4.69, 9.17) is 4.74 Å². The van der Waals surface area contributed by atoms with Gasteiger partial charge < -0.3 is 10.1 Å². The van der Waals surface area contributed by atoms with Crippen molar-refractivity contribution in [2.45, 2.75) is 45.6 Å². The summed E-state index contributed by atoms with van der Waals surface area (Å²) < 4.78 is 5.45. The zero-order chi connectivity index (χ0) is 13.7. The van der Waals surface area contributed by atoms with Crippen molar-refractivity contribution in [3.8, 4) is 11.8 Å². The molecule has 19 heavy (non-hydrogen) atoms. The van der Waals surface area contributed by atoms with Crippen LogP contribution in [0, 0.1) is 17.8 Å². The Labute approximate surface area is 119 Å². The summed E-state index contributed by atoms with van der Waals surface area (Å²) in [6.45, 7) is 4.43. The largest absolute Gasteiger partial charge is 0.496 e. The predicted molar refractivity (Wildman–Crippen MR) is 78.4 cm³/mol. The van der Waals surface area contributed by atoms with Gasteiger partial charge in [-0.25, -0.2) is 0 Å². The molecule has 104 valence electrons. The highest BCUT2D eigenvalue weighted by Gasteiger charge is 2.27. The van der Waals surface area contributed by atoms with E-state index in [1.54, 1.807) is 11.8 Å². The SMILES string of the molecule is CC#CC1CCCCC1NC(=O)C1=C(C)OCCS1. The number of carbonyl (C=O) groups is 1. The lowest BCUT2D eigenvalue weighted by Gasteiger charge is -2.29. The summed E-state index contributed by atoms with van der Waals surface area (Å²) in [7, 11) is 0. The Morgan fingerprint density at radius 2 is 2.21 bits per heavy atom. The Hall–Kier alpha value is -1.08. The zero-order valence-corrected chi connectivity index (χ0v) is 12.4. The van der Waals surface area contributed by atoms with Crippen molar-refractivity contribution < 1.29 is 9.53 Å². The van der Waals surface area contributed by atoms with Crippen molar-refractivity contribution in [3.63, 3.8) is 0 Å². The van der Waals surface area contributed by atoms with Gasteiger partial charge in [0.25, 0.3) is 5.91 Å². The van der Waals surface area contributed by atoms with Crippen molar-refractivity contribution in [2.24, 2.45) is 5.92 Å². The maximum Gasteiger partial charge on any atom is 0.261 e. The van der Waals surface area contributed by atoms with Crippen molar-refractivity contribution >= 4 is 17.7 Å². The maximum atomic E-state index is 12.3. The molecular weight excluding hydrogens is 258 g/mol. The molecule has 4 heteroatoms. The van der Waals surface area contributed by atoms with Gasteiger partial charge in [-0.05, 0) is 26.7 Å². The van der Waals surface area contributed by atoms with Crippen LogP contribution in [-0.2, 0) is 9.53 Å². The molecule has 0 saturated heterocycles. The first-order chi connectivity index (χ1) is 9.22. The number of nitrogens with one attached hydrogen (secondary N) is 1. The van der Waals surface area contributed by atoms with E-state index in [2.05, 4.69) is 17.2 Å². The molecule has 0 spiro atoms. The number of rotatable bonds is 2. The smallest absolute Gasteiger partial charge is 0.261 e. The van der Waals surface area contributed by atoms with E-state index in [0.717, 1.165) is 29.3 Å². The molecule has 1 heterocycles. The lowest BCUT2D eigenvalue weighted by atomic mass is 9.85. The molecule has 0 aromatic carbocycles. The Kier molecular flexibility index (Phi) is 5.21. The highest BCUT2D eigenvalue weighted by Crippen LogP contribution is 2.28. The number of carbonyl (C=O) groups excluding carboxylic acids is 1. The second-order valence-electron chi connectivity index (χ2n) is 4.95. The Bertz CT molecular complexity index is 433. The van der Waals surface area contributed by atoms with Crippen LogP contribution in [-0.4, -0.2) is 24.3 Å². The second-order valence-corrected chi connectivity index (χ2v) is 6.05. The minimum Gasteiger partial charge on any atom is -0.496 e. The van der Waals surface area contributed by atoms with Crippen molar-refractivity contribution in [3.05, 3.63) is 10.7 Å². The van der Waals surface area contributed by atoms with Crippen LogP contribution in [0.1, 0.15) is 39.5 Å². The fourth-order valence-corrected chi connectivity index (χ4v) is 3.45. The molecule has 2 atom stereocenters. The Morgan fingerprint density at radius 1 is 1.42 bits per heavy atom. The maximum absolute atomic E-state index is 12.3. The molecule has 0 aromatic rings. The molecule has 2 unspecified atom stereocenters. The van der Waals surface area contributed by atoms with Crippen LogP contribution in [0.15, 0.2) is 10.7 Å². The molecule has 1 saturated carbocycles. The first-order valence-corrected chi connectivity index (χ1v) is 7.90. The van der Waals surface area contributed by atoms with Gasteiger partial charge in [0, 0.05) is 17.7 Å². The topological polar surface area (TPSA) is 38.3 Å². The third kappa shape index (κ3) is 3.70. The standard InChI is InChI=1S/C15H21NO2S/c1-3-6-12-7-4-5-8-13(12)16-15(17)14-11(2)18-9-10-19-14/h12-13H,4-5,7-10H2,1-2H3,(H,16,17). The van der Waals surface area contributed by atoms with Gasteiger partial charge in [0.2, 0.25) is 0 Å². The number of ether oxygens (including phenoxy) is 1. The third-order valence-electron chi connectivity index (χ3n) is 3.59. The normalized spacial score (nSPS) is 27.1. The molecule has 2 rings (SSSR count). The van der Waals surface area contributed by atoms with E-state index in [-0.39, 0.29) is 11.9 Å². The van der Waals surface area contributed by atoms with Crippen molar-refractivity contribution in [1.82, 2.24) is 5.32 Å². The molecule has 1 aliphatic heterocycles. The van der Waals surface area contributed by atoms with Crippen LogP contribution >= 0.6 is 11.8 Å². The van der Waals surface area contributed by atoms with Crippen LogP contribution in [0.25, 0.3) is 0 Å². The molecule has 1 fully saturated rings. The monoisotopic (exact) mass is 279 g/mol. The molecule has 2 aliphatic rings. The highest BCUT2D eigenvalue weighted by molar-refractivity contribution is 8.04. The average Bonchev–Trinajstić information content (AvgIpc) is 2.41. The van der Waals surface area contributed by atoms with E-state index in [0.29, 0.717) is 12.5 Å². The predicted octanol–water partition coefficient (Wildman–Crippen LogP) is 2.68. The summed E-state index contributed by atoms with van der Waals surface area (Å²) in [6.07, 6.45) is 4.51. The average molecular weight is 279 g/mol. The van der Waals surface area contributed by atoms with Crippen LogP contribution in [0.2, 0.25) is 0 Å². The van der Waals surface area contributed by atoms with Gasteiger partial charge in [-0.3, -0.25) is 4.79 Å². The summed E-state index contributed by atoms with van der Waals surface area (Å²) in [5, 5.41) is 3.15. The summed E-state index contributed by atoms with van der Waals surface area (Å²) in [5.41, 5.74) is 0. The van der Waals surface area contributed by atoms with E-state index in [1.165, 1.54) is 12.8 Å². The zero-order valence-electron chi connectivity index (χ0n) is 11.6. The molecule has 1 aliphatic carbocycles. The lowest BCUT2D eigenvalue weighted by Crippen LogP contribution is -2.42. The molecule has 1 amide bonds. The number of thioether (sulfide) groups is 1. The Morgan fingerprint density at radius 3 is 2.95 bits per heavy atom. The van der Waals surface area contributed by atoms with E-state index in [9.17, 15) is 4.79 Å². The fraction of sp³-hybridized carbons (Fsp3) is 0.667. The van der Waals surface area contributed by atoms with Crippen LogP contribution in [0.4, 0.5) is 0 Å². The van der Waals surface area contributed by atoms with Gasteiger partial charge >= 0.3 is 0 Å². The van der Waals surface area contributed by atoms with E-state index in [1.807, 2.05) is 13.8 Å². The lowest BCUT2D eigenvalue weighted by molar-refractivity contribution is -0.118. The third-order valence-corrected chi connectivity index (χ3v) is 4.72. The fourth-order valence-electron chi connectivity index (χ4n) is 2.63. The van der Waals surface area contributed by atoms with Gasteiger partial charge in [0.05, 0.1) is 6.61 Å². The summed E-state index contributed by atoms with van der Waals surface area (Å²) in [4.78, 5) is 13.0. The summed E-state index contributed by atoms with van der Waals surface area (Å²) in [5.74, 6) is 8.14. The number of amides is 1. The van der Waals surface area contributed by atoms with Gasteiger partial charge in [-0.15, -0.1) is 17.7 Å². The molecule has 0 bridgehead atoms. The summed E-state index contributed by atoms with van der Waals surface area (Å²) in [6, 6.07) is 0.191. The van der Waals surface area contributed by atoms with E-state index < -0.39 is 0 Å². The minimum absolute atomic E-state index is 0.0111. The first kappa shape index (κ1) is 14.3. The second kappa shape index (κ2) is 6.91. The number of allylic oxidation sites excluding steroid dienone is 1. The Balaban J connectivity index is 2.02. The minimum atomic E-state index is 0.0111. The molecule has 3 nitrogen and oxygen atoms in total. The van der Waals surface area contributed by atoms with Gasteiger partial charge in [-0.2, -0.15) is 0 Å². The van der Waals surface area contributed by atoms with Crippen molar-refractivity contribution in [2.75, 3.05) is 12.4 Å². The first-order valence-electron chi connectivity index (χ1n) is 6.92. The summed E-state index contributed by atoms with van der Waals surface area (Å²) >= 11 is 1.59. The number of hydrogen-bond donors (Lipinski definition) is 1. The van der Waals surface area contributed by atoms with Gasteiger partial charge in [-0.1, -0.05) is 18.8 Å². The molecule has 1 N–H and O–H groups in total. The van der Waals surface area contributed by atoms with Gasteiger partial charge in [0.15, 0.2) is 0 Å². The quantitative estimate of drug-likeness (QED) is 0.790. The van der Waals surface area contributed by atoms with Gasteiger partial charge in [0.1, 0.15) is 10.7 Å². The molecule has 0 aromatic heterocycles. The van der Waals surface area contributed by atoms with Crippen LogP contribution < -0.4 is 5.32 Å². The van der Waals surface area contributed by atoms with Crippen molar-refractivity contribution in [1.29, 1.82) is 0 Å². The number of hydrogen-bond acceptors (Lipinski definition) is 3. The highest BCUT2D eigenvalue weighted by atomic mass is 32.2. The molecular formula is C15H21NO2S. The molecule has 0 radical (unpaired) electrons. The van der Waals surface area contributed by atoms with E-state index >= 15 is 0 Å².